The molecule has 4 rings (SSSR count). The van der Waals surface area contributed by atoms with Crippen LogP contribution < -0.4 is 5.32 Å². The topological polar surface area (TPSA) is 88.2 Å². The highest BCUT2D eigenvalue weighted by Crippen LogP contribution is 2.28. The van der Waals surface area contributed by atoms with E-state index >= 15 is 0 Å². The fourth-order valence-corrected chi connectivity index (χ4v) is 3.17. The number of aryl methyl sites for hydroxylation is 1. The van der Waals surface area contributed by atoms with Gasteiger partial charge in [-0.05, 0) is 37.5 Å². The second kappa shape index (κ2) is 7.32. The molecule has 1 heterocycles. The van der Waals surface area contributed by atoms with Crippen LogP contribution in [-0.4, -0.2) is 27.3 Å². The quantitative estimate of drug-likeness (QED) is 0.695. The summed E-state index contributed by atoms with van der Waals surface area (Å²) in [5.74, 6) is 0.190. The van der Waals surface area contributed by atoms with E-state index in [2.05, 4.69) is 15.5 Å². The van der Waals surface area contributed by atoms with Gasteiger partial charge >= 0.3 is 5.97 Å². The summed E-state index contributed by atoms with van der Waals surface area (Å²) in [4.78, 5) is 15.3. The molecule has 6 heteroatoms. The van der Waals surface area contributed by atoms with Crippen LogP contribution in [0.3, 0.4) is 0 Å². The Balaban J connectivity index is 1.36. The molecular formula is C21H21N3O3. The summed E-state index contributed by atoms with van der Waals surface area (Å²) in [6.45, 7) is 2.76. The summed E-state index contributed by atoms with van der Waals surface area (Å²) >= 11 is 0. The first kappa shape index (κ1) is 17.4. The second-order valence-corrected chi connectivity index (χ2v) is 7.07. The maximum absolute atomic E-state index is 10.8. The Hall–Kier alpha value is -2.99. The van der Waals surface area contributed by atoms with Gasteiger partial charge in [-0.15, -0.1) is 0 Å². The molecule has 0 radical (unpaired) electrons. The second-order valence-electron chi connectivity index (χ2n) is 7.07. The SMILES string of the molecule is Cc1ccc(-c2nc(-c3ccc(CN[C@H]4C[C@@H](C(=O)O)C4)cc3)no2)cc1. The van der Waals surface area contributed by atoms with Crippen molar-refractivity contribution in [3.8, 4) is 22.8 Å². The zero-order valence-corrected chi connectivity index (χ0v) is 15.1. The zero-order chi connectivity index (χ0) is 18.8. The number of carboxylic acids is 1. The number of aromatic nitrogens is 2. The van der Waals surface area contributed by atoms with Crippen LogP contribution in [0.1, 0.15) is 24.0 Å². The predicted octanol–water partition coefficient (Wildman–Crippen LogP) is 3.66. The van der Waals surface area contributed by atoms with E-state index in [0.29, 0.717) is 30.6 Å². The highest BCUT2D eigenvalue weighted by molar-refractivity contribution is 5.71. The van der Waals surface area contributed by atoms with Gasteiger partial charge in [0.25, 0.3) is 5.89 Å². The Bertz CT molecular complexity index is 926. The molecule has 3 aromatic rings. The monoisotopic (exact) mass is 363 g/mol. The van der Waals surface area contributed by atoms with E-state index in [1.54, 1.807) is 0 Å². The zero-order valence-electron chi connectivity index (χ0n) is 15.1. The van der Waals surface area contributed by atoms with Gasteiger partial charge < -0.3 is 14.9 Å². The Morgan fingerprint density at radius 2 is 1.78 bits per heavy atom. The normalized spacial score (nSPS) is 18.9. The van der Waals surface area contributed by atoms with Crippen molar-refractivity contribution in [1.29, 1.82) is 0 Å². The largest absolute Gasteiger partial charge is 0.481 e. The van der Waals surface area contributed by atoms with E-state index in [9.17, 15) is 4.79 Å². The summed E-state index contributed by atoms with van der Waals surface area (Å²) in [6, 6.07) is 16.3. The van der Waals surface area contributed by atoms with Gasteiger partial charge in [0.15, 0.2) is 0 Å². The molecular weight excluding hydrogens is 342 g/mol. The third-order valence-electron chi connectivity index (χ3n) is 5.02. The third kappa shape index (κ3) is 3.90. The number of carboxylic acid groups (broad SMARTS) is 1. The molecule has 2 aromatic carbocycles. The third-order valence-corrected chi connectivity index (χ3v) is 5.02. The maximum atomic E-state index is 10.8. The van der Waals surface area contributed by atoms with E-state index in [1.165, 1.54) is 5.56 Å². The van der Waals surface area contributed by atoms with Crippen LogP contribution in [0.15, 0.2) is 53.1 Å². The minimum absolute atomic E-state index is 0.189. The van der Waals surface area contributed by atoms with Crippen LogP contribution in [0.4, 0.5) is 0 Å². The molecule has 27 heavy (non-hydrogen) atoms. The van der Waals surface area contributed by atoms with Gasteiger partial charge in [0.2, 0.25) is 5.82 Å². The molecule has 0 amide bonds. The molecule has 1 aromatic heterocycles. The Kier molecular flexibility index (Phi) is 4.73. The van der Waals surface area contributed by atoms with Gasteiger partial charge in [0.1, 0.15) is 0 Å². The molecule has 1 aliphatic rings. The molecule has 0 atom stereocenters. The van der Waals surface area contributed by atoms with Gasteiger partial charge in [-0.25, -0.2) is 0 Å². The van der Waals surface area contributed by atoms with E-state index in [-0.39, 0.29) is 5.92 Å². The van der Waals surface area contributed by atoms with E-state index in [0.717, 1.165) is 23.2 Å². The Morgan fingerprint density at radius 3 is 2.44 bits per heavy atom. The predicted molar refractivity (Wildman–Crippen MR) is 101 cm³/mol. The summed E-state index contributed by atoms with van der Waals surface area (Å²) < 4.78 is 5.38. The first-order chi connectivity index (χ1) is 13.1. The van der Waals surface area contributed by atoms with Crippen LogP contribution in [0.25, 0.3) is 22.8 Å². The molecule has 6 nitrogen and oxygen atoms in total. The number of hydrogen-bond donors (Lipinski definition) is 2. The van der Waals surface area contributed by atoms with Crippen LogP contribution in [0.5, 0.6) is 0 Å². The fourth-order valence-electron chi connectivity index (χ4n) is 3.17. The van der Waals surface area contributed by atoms with Crippen molar-refractivity contribution in [2.45, 2.75) is 32.4 Å². The van der Waals surface area contributed by atoms with Crippen molar-refractivity contribution in [3.63, 3.8) is 0 Å². The summed E-state index contributed by atoms with van der Waals surface area (Å²) in [7, 11) is 0. The number of hydrogen-bond acceptors (Lipinski definition) is 5. The molecule has 0 unspecified atom stereocenters. The van der Waals surface area contributed by atoms with Crippen molar-refractivity contribution < 1.29 is 14.4 Å². The number of nitrogens with zero attached hydrogens (tertiary/aromatic N) is 2. The molecule has 0 saturated heterocycles. The number of rotatable bonds is 6. The Morgan fingerprint density at radius 1 is 1.11 bits per heavy atom. The molecule has 2 N–H and O–H groups in total. The molecule has 138 valence electrons. The first-order valence-electron chi connectivity index (χ1n) is 9.05. The number of nitrogens with one attached hydrogen (secondary N) is 1. The van der Waals surface area contributed by atoms with Crippen molar-refractivity contribution in [1.82, 2.24) is 15.5 Å². The van der Waals surface area contributed by atoms with E-state index in [4.69, 9.17) is 9.63 Å². The molecule has 0 bridgehead atoms. The summed E-state index contributed by atoms with van der Waals surface area (Å²) in [5.41, 5.74) is 4.12. The first-order valence-corrected chi connectivity index (χ1v) is 9.05. The van der Waals surface area contributed by atoms with Gasteiger partial charge in [-0.1, -0.05) is 47.1 Å². The number of carbonyl (C=O) groups is 1. The lowest BCUT2D eigenvalue weighted by molar-refractivity contribution is -0.145. The standard InChI is InChI=1S/C21H21N3O3/c1-13-2-6-16(7-3-13)20-23-19(24-27-20)15-8-4-14(5-9-15)12-22-18-10-17(11-18)21(25)26/h2-9,17-18,22H,10-12H2,1H3,(H,25,26)/t17-,18+. The van der Waals surface area contributed by atoms with Gasteiger partial charge in [-0.2, -0.15) is 4.98 Å². The van der Waals surface area contributed by atoms with Crippen molar-refractivity contribution >= 4 is 5.97 Å². The van der Waals surface area contributed by atoms with Crippen molar-refractivity contribution in [2.24, 2.45) is 5.92 Å². The Labute approximate surface area is 157 Å². The molecule has 1 fully saturated rings. The van der Waals surface area contributed by atoms with Crippen LogP contribution >= 0.6 is 0 Å². The van der Waals surface area contributed by atoms with Crippen LogP contribution in [0, 0.1) is 12.8 Å². The smallest absolute Gasteiger partial charge is 0.306 e. The van der Waals surface area contributed by atoms with Crippen molar-refractivity contribution in [2.75, 3.05) is 0 Å². The van der Waals surface area contributed by atoms with E-state index < -0.39 is 5.97 Å². The maximum Gasteiger partial charge on any atom is 0.306 e. The van der Waals surface area contributed by atoms with Crippen LogP contribution in [-0.2, 0) is 11.3 Å². The van der Waals surface area contributed by atoms with Gasteiger partial charge in [-0.3, -0.25) is 4.79 Å². The average molecular weight is 363 g/mol. The number of benzene rings is 2. The average Bonchev–Trinajstić information content (AvgIpc) is 3.11. The lowest BCUT2D eigenvalue weighted by atomic mass is 9.80. The van der Waals surface area contributed by atoms with Gasteiger partial charge in [0.05, 0.1) is 5.92 Å². The van der Waals surface area contributed by atoms with Crippen LogP contribution in [0.2, 0.25) is 0 Å². The molecule has 0 aliphatic heterocycles. The van der Waals surface area contributed by atoms with Gasteiger partial charge in [0, 0.05) is 23.7 Å². The highest BCUT2D eigenvalue weighted by Gasteiger charge is 2.33. The van der Waals surface area contributed by atoms with E-state index in [1.807, 2.05) is 55.5 Å². The summed E-state index contributed by atoms with van der Waals surface area (Å²) in [6.07, 6.45) is 1.41. The molecule has 1 saturated carbocycles. The lowest BCUT2D eigenvalue weighted by Gasteiger charge is -2.33. The molecule has 0 spiro atoms. The fraction of sp³-hybridized carbons (Fsp3) is 0.286. The number of aliphatic carboxylic acids is 1. The van der Waals surface area contributed by atoms with Crippen molar-refractivity contribution in [3.05, 3.63) is 59.7 Å². The highest BCUT2D eigenvalue weighted by atomic mass is 16.5. The minimum Gasteiger partial charge on any atom is -0.481 e. The minimum atomic E-state index is -0.692. The lowest BCUT2D eigenvalue weighted by Crippen LogP contribution is -2.43. The summed E-state index contributed by atoms with van der Waals surface area (Å²) in [5, 5.41) is 16.4. The molecule has 1 aliphatic carbocycles.